The van der Waals surface area contributed by atoms with Crippen LogP contribution in [0.1, 0.15) is 52.4 Å². The summed E-state index contributed by atoms with van der Waals surface area (Å²) in [5, 5.41) is 12.0. The molecule has 2 saturated carbocycles. The van der Waals surface area contributed by atoms with Gasteiger partial charge in [0.1, 0.15) is 0 Å². The van der Waals surface area contributed by atoms with E-state index in [0.29, 0.717) is 6.04 Å². The zero-order valence-corrected chi connectivity index (χ0v) is 13.8. The molecule has 0 radical (unpaired) electrons. The second-order valence-corrected chi connectivity index (χ2v) is 6.51. The highest BCUT2D eigenvalue weighted by atomic mass is 16.4. The molecule has 6 heteroatoms. The van der Waals surface area contributed by atoms with Gasteiger partial charge in [-0.15, -0.1) is 0 Å². The minimum absolute atomic E-state index is 0.0701. The molecule has 0 saturated heterocycles. The van der Waals surface area contributed by atoms with Crippen LogP contribution in [-0.4, -0.2) is 64.7 Å². The molecule has 0 aromatic rings. The van der Waals surface area contributed by atoms with Crippen LogP contribution in [0.3, 0.4) is 0 Å². The van der Waals surface area contributed by atoms with Crippen LogP contribution in [0.25, 0.3) is 0 Å². The van der Waals surface area contributed by atoms with Crippen molar-refractivity contribution in [2.45, 2.75) is 70.5 Å². The zero-order valence-electron chi connectivity index (χ0n) is 13.8. The zero-order chi connectivity index (χ0) is 16.1. The number of carbonyl (C=O) groups excluding carboxylic acids is 1. The number of hydrogen-bond donors (Lipinski definition) is 2. The minimum Gasteiger partial charge on any atom is -0.480 e. The molecule has 0 spiro atoms. The first-order valence-electron chi connectivity index (χ1n) is 8.58. The Kier molecular flexibility index (Phi) is 6.06. The summed E-state index contributed by atoms with van der Waals surface area (Å²) in [6.07, 6.45) is 6.14. The van der Waals surface area contributed by atoms with Gasteiger partial charge in [0.2, 0.25) is 0 Å². The van der Waals surface area contributed by atoms with Crippen molar-refractivity contribution in [1.29, 1.82) is 0 Å². The first kappa shape index (κ1) is 17.1. The highest BCUT2D eigenvalue weighted by molar-refractivity contribution is 5.75. The van der Waals surface area contributed by atoms with Gasteiger partial charge in [-0.25, -0.2) is 4.79 Å². The maximum absolute atomic E-state index is 12.4. The molecule has 2 fully saturated rings. The van der Waals surface area contributed by atoms with E-state index in [1.165, 1.54) is 0 Å². The lowest BCUT2D eigenvalue weighted by Crippen LogP contribution is -2.57. The Morgan fingerprint density at radius 1 is 1.18 bits per heavy atom. The second kappa shape index (κ2) is 7.81. The molecule has 2 amide bonds. The van der Waals surface area contributed by atoms with E-state index in [0.717, 1.165) is 51.6 Å². The molecule has 0 aromatic carbocycles. The number of carboxylic acids is 1. The quantitative estimate of drug-likeness (QED) is 0.682. The summed E-state index contributed by atoms with van der Waals surface area (Å²) in [5.41, 5.74) is 0. The predicted molar refractivity (Wildman–Crippen MR) is 84.9 cm³/mol. The van der Waals surface area contributed by atoms with E-state index in [1.807, 2.05) is 16.7 Å². The van der Waals surface area contributed by atoms with Gasteiger partial charge in [0.15, 0.2) is 0 Å². The maximum Gasteiger partial charge on any atom is 0.317 e. The molecule has 6 nitrogen and oxygen atoms in total. The number of carbonyl (C=O) groups is 2. The van der Waals surface area contributed by atoms with Gasteiger partial charge in [-0.3, -0.25) is 9.69 Å². The number of nitrogens with one attached hydrogen (secondary N) is 1. The molecule has 2 aliphatic carbocycles. The number of carboxylic acid groups (broad SMARTS) is 1. The molecule has 0 heterocycles. The Bertz CT molecular complexity index is 392. The fraction of sp³-hybridized carbons (Fsp3) is 0.875. The van der Waals surface area contributed by atoms with Crippen LogP contribution in [-0.2, 0) is 4.79 Å². The van der Waals surface area contributed by atoms with Gasteiger partial charge in [-0.1, -0.05) is 20.3 Å². The average molecular weight is 311 g/mol. The molecular formula is C16H29N3O3. The first-order chi connectivity index (χ1) is 10.5. The molecule has 0 bridgehead atoms. The highest BCUT2D eigenvalue weighted by Crippen LogP contribution is 2.29. The molecule has 0 unspecified atom stereocenters. The number of urea groups is 1. The number of hydrogen-bond acceptors (Lipinski definition) is 3. The van der Waals surface area contributed by atoms with Crippen LogP contribution >= 0.6 is 0 Å². The Balaban J connectivity index is 1.73. The lowest BCUT2D eigenvalue weighted by atomic mass is 9.85. The summed E-state index contributed by atoms with van der Waals surface area (Å²) >= 11 is 0. The predicted octanol–water partition coefficient (Wildman–Crippen LogP) is 1.90. The third-order valence-electron chi connectivity index (χ3n) is 4.70. The molecule has 0 aliphatic heterocycles. The summed E-state index contributed by atoms with van der Waals surface area (Å²) < 4.78 is 0. The fourth-order valence-electron chi connectivity index (χ4n) is 3.10. The minimum atomic E-state index is -0.784. The smallest absolute Gasteiger partial charge is 0.317 e. The number of unbranched alkanes of at least 4 members (excludes halogenated alkanes) is 1. The normalized spacial score (nSPS) is 24.0. The van der Waals surface area contributed by atoms with Crippen molar-refractivity contribution in [3.63, 3.8) is 0 Å². The summed E-state index contributed by atoms with van der Waals surface area (Å²) in [5.74, 6) is -0.784. The monoisotopic (exact) mass is 311 g/mol. The summed E-state index contributed by atoms with van der Waals surface area (Å²) in [6.45, 7) is 5.80. The Labute approximate surface area is 132 Å². The Hall–Kier alpha value is -1.30. The van der Waals surface area contributed by atoms with E-state index in [2.05, 4.69) is 12.2 Å². The molecule has 126 valence electrons. The molecular weight excluding hydrogens is 282 g/mol. The van der Waals surface area contributed by atoms with Crippen LogP contribution in [0.15, 0.2) is 0 Å². The third kappa shape index (κ3) is 4.60. The molecule has 2 aliphatic rings. The van der Waals surface area contributed by atoms with Gasteiger partial charge >= 0.3 is 12.0 Å². The molecule has 2 rings (SSSR count). The average Bonchev–Trinajstić information content (AvgIpc) is 3.25. The molecule has 2 N–H and O–H groups in total. The first-order valence-corrected chi connectivity index (χ1v) is 8.58. The maximum atomic E-state index is 12.4. The van der Waals surface area contributed by atoms with Gasteiger partial charge in [-0.05, 0) is 38.6 Å². The van der Waals surface area contributed by atoms with Crippen molar-refractivity contribution >= 4 is 12.0 Å². The fourth-order valence-corrected chi connectivity index (χ4v) is 3.10. The van der Waals surface area contributed by atoms with Gasteiger partial charge in [0.05, 0.1) is 6.54 Å². The van der Waals surface area contributed by atoms with Gasteiger partial charge in [0.25, 0.3) is 0 Å². The van der Waals surface area contributed by atoms with Gasteiger partial charge in [-0.2, -0.15) is 0 Å². The van der Waals surface area contributed by atoms with Gasteiger partial charge < -0.3 is 15.3 Å². The van der Waals surface area contributed by atoms with E-state index in [9.17, 15) is 9.59 Å². The lowest BCUT2D eigenvalue weighted by molar-refractivity contribution is -0.139. The number of likely N-dealkylation sites (N-methyl/N-ethyl adjacent to an activating group) is 1. The Morgan fingerprint density at radius 3 is 2.36 bits per heavy atom. The summed E-state index contributed by atoms with van der Waals surface area (Å²) in [6, 6.07) is 1.00. The van der Waals surface area contributed by atoms with Crippen molar-refractivity contribution in [2.24, 2.45) is 0 Å². The molecule has 22 heavy (non-hydrogen) atoms. The topological polar surface area (TPSA) is 72.9 Å². The highest BCUT2D eigenvalue weighted by Gasteiger charge is 2.37. The van der Waals surface area contributed by atoms with Crippen LogP contribution < -0.4 is 5.32 Å². The van der Waals surface area contributed by atoms with Crippen molar-refractivity contribution in [2.75, 3.05) is 19.6 Å². The SMILES string of the molecule is CCCCN(C(=O)NC1CC(N(CC)CC(=O)O)C1)C1CC1. The van der Waals surface area contributed by atoms with E-state index in [1.54, 1.807) is 0 Å². The largest absolute Gasteiger partial charge is 0.480 e. The van der Waals surface area contributed by atoms with Crippen LogP contribution in [0.5, 0.6) is 0 Å². The summed E-state index contributed by atoms with van der Waals surface area (Å²) in [4.78, 5) is 27.2. The summed E-state index contributed by atoms with van der Waals surface area (Å²) in [7, 11) is 0. The Morgan fingerprint density at radius 2 is 1.86 bits per heavy atom. The van der Waals surface area contributed by atoms with Crippen LogP contribution in [0.4, 0.5) is 4.79 Å². The number of rotatable bonds is 9. The third-order valence-corrected chi connectivity index (χ3v) is 4.70. The number of aliphatic carboxylic acids is 1. The van der Waals surface area contributed by atoms with Crippen molar-refractivity contribution in [3.05, 3.63) is 0 Å². The van der Waals surface area contributed by atoms with Crippen LogP contribution in [0, 0.1) is 0 Å². The second-order valence-electron chi connectivity index (χ2n) is 6.51. The standard InChI is InChI=1S/C16H29N3O3/c1-3-5-8-19(13-6-7-13)16(22)17-12-9-14(10-12)18(4-2)11-15(20)21/h12-14H,3-11H2,1-2H3,(H,17,22)(H,20,21). The van der Waals surface area contributed by atoms with Gasteiger partial charge in [0, 0.05) is 24.7 Å². The van der Waals surface area contributed by atoms with E-state index in [4.69, 9.17) is 5.11 Å². The number of amides is 2. The van der Waals surface area contributed by atoms with E-state index in [-0.39, 0.29) is 24.7 Å². The number of nitrogens with zero attached hydrogens (tertiary/aromatic N) is 2. The lowest BCUT2D eigenvalue weighted by Gasteiger charge is -2.42. The van der Waals surface area contributed by atoms with Crippen molar-refractivity contribution in [3.8, 4) is 0 Å². The molecule has 0 atom stereocenters. The molecule has 0 aromatic heterocycles. The van der Waals surface area contributed by atoms with Crippen molar-refractivity contribution < 1.29 is 14.7 Å². The van der Waals surface area contributed by atoms with E-state index < -0.39 is 5.97 Å². The van der Waals surface area contributed by atoms with Crippen molar-refractivity contribution in [1.82, 2.24) is 15.1 Å². The van der Waals surface area contributed by atoms with E-state index >= 15 is 0 Å². The van der Waals surface area contributed by atoms with Crippen LogP contribution in [0.2, 0.25) is 0 Å².